The van der Waals surface area contributed by atoms with Crippen molar-refractivity contribution in [2.24, 2.45) is 0 Å². The van der Waals surface area contributed by atoms with Crippen LogP contribution in [0.15, 0.2) is 84.9 Å². The number of hydrogen-bond donors (Lipinski definition) is 2. The second kappa shape index (κ2) is 5.59. The van der Waals surface area contributed by atoms with Crippen LogP contribution in [0.4, 0.5) is 0 Å². The minimum absolute atomic E-state index is 0.228. The molecular formula is C18H16NOP. The molecule has 104 valence electrons. The van der Waals surface area contributed by atoms with E-state index in [4.69, 9.17) is 0 Å². The molecule has 0 amide bonds. The smallest absolute Gasteiger partial charge is 0.115 e. The lowest BCUT2D eigenvalue weighted by Gasteiger charge is -2.24. The molecule has 0 spiro atoms. The average molecular weight is 293 g/mol. The Morgan fingerprint density at radius 2 is 0.952 bits per heavy atom. The van der Waals surface area contributed by atoms with Crippen molar-refractivity contribution in [3.05, 3.63) is 84.9 Å². The van der Waals surface area contributed by atoms with Gasteiger partial charge in [0.2, 0.25) is 0 Å². The average Bonchev–Trinajstić information content (AvgIpc) is 2.56. The zero-order valence-electron chi connectivity index (χ0n) is 11.5. The minimum Gasteiger partial charge on any atom is -0.508 e. The fourth-order valence-corrected chi connectivity index (χ4v) is 5.16. The first-order valence-corrected chi connectivity index (χ1v) is 8.55. The van der Waals surface area contributed by atoms with Gasteiger partial charge in [0.05, 0.1) is 7.05 Å². The maximum absolute atomic E-state index is 9.51. The summed E-state index contributed by atoms with van der Waals surface area (Å²) < 4.78 is 0. The third-order valence-electron chi connectivity index (χ3n) is 3.52. The molecule has 0 fully saturated rings. The van der Waals surface area contributed by atoms with Crippen LogP contribution in [0.3, 0.4) is 0 Å². The quantitative estimate of drug-likeness (QED) is 0.714. The Kier molecular flexibility index (Phi) is 3.64. The number of aromatic hydroxyl groups is 1. The van der Waals surface area contributed by atoms with Crippen LogP contribution in [0.25, 0.3) is 0 Å². The maximum atomic E-state index is 9.51. The van der Waals surface area contributed by atoms with Gasteiger partial charge in [-0.2, -0.15) is 0 Å². The predicted molar refractivity (Wildman–Crippen MR) is 89.5 cm³/mol. The molecule has 3 heteroatoms. The number of phenols is 1. The fraction of sp³-hybridized carbons (Fsp3) is 0. The summed E-state index contributed by atoms with van der Waals surface area (Å²) in [7, 11) is -2.41. The topological polar surface area (TPSA) is 44.1 Å². The van der Waals surface area contributed by atoms with E-state index in [0.29, 0.717) is 0 Å². The summed E-state index contributed by atoms with van der Waals surface area (Å²) in [6.07, 6.45) is 0. The molecule has 3 rings (SSSR count). The van der Waals surface area contributed by atoms with Crippen LogP contribution in [-0.2, 0) is 0 Å². The van der Waals surface area contributed by atoms with E-state index < -0.39 is 7.05 Å². The van der Waals surface area contributed by atoms with E-state index in [2.05, 4.69) is 0 Å². The molecule has 0 unspecified atom stereocenters. The molecule has 0 radical (unpaired) electrons. The molecule has 3 aromatic carbocycles. The van der Waals surface area contributed by atoms with Crippen LogP contribution < -0.4 is 15.9 Å². The van der Waals surface area contributed by atoms with Crippen LogP contribution in [-0.4, -0.2) is 5.11 Å². The van der Waals surface area contributed by atoms with Crippen LogP contribution in [0, 0.1) is 5.16 Å². The summed E-state index contributed by atoms with van der Waals surface area (Å²) in [6.45, 7) is 0. The molecule has 2 N–H and O–H groups in total. The zero-order valence-corrected chi connectivity index (χ0v) is 12.4. The molecule has 21 heavy (non-hydrogen) atoms. The van der Waals surface area contributed by atoms with E-state index in [1.54, 1.807) is 12.1 Å². The highest BCUT2D eigenvalue weighted by atomic mass is 31.2. The summed E-state index contributed by atoms with van der Waals surface area (Å²) in [5.74, 6) is 0.228. The highest BCUT2D eigenvalue weighted by Gasteiger charge is 2.24. The summed E-state index contributed by atoms with van der Waals surface area (Å²) in [6, 6.07) is 26.9. The maximum Gasteiger partial charge on any atom is 0.115 e. The lowest BCUT2D eigenvalue weighted by atomic mass is 10.3. The van der Waals surface area contributed by atoms with E-state index in [1.807, 2.05) is 72.8 Å². The van der Waals surface area contributed by atoms with Crippen molar-refractivity contribution < 1.29 is 5.11 Å². The zero-order chi connectivity index (χ0) is 14.7. The molecule has 0 aliphatic carbocycles. The van der Waals surface area contributed by atoms with Crippen molar-refractivity contribution in [1.29, 1.82) is 5.16 Å². The second-order valence-corrected chi connectivity index (χ2v) is 7.75. The van der Waals surface area contributed by atoms with E-state index in [-0.39, 0.29) is 5.75 Å². The lowest BCUT2D eigenvalue weighted by molar-refractivity contribution is 0.475. The van der Waals surface area contributed by atoms with Crippen molar-refractivity contribution in [3.63, 3.8) is 0 Å². The molecule has 0 saturated heterocycles. The molecule has 2 nitrogen and oxygen atoms in total. The normalized spacial score (nSPS) is 11.2. The number of rotatable bonds is 3. The number of phenolic OH excluding ortho intramolecular Hbond substituents is 1. The third kappa shape index (κ3) is 2.51. The van der Waals surface area contributed by atoms with Gasteiger partial charge in [-0.25, -0.2) is 0 Å². The highest BCUT2D eigenvalue weighted by Crippen LogP contribution is 2.43. The van der Waals surface area contributed by atoms with Crippen molar-refractivity contribution in [3.8, 4) is 5.75 Å². The first-order chi connectivity index (χ1) is 10.2. The summed E-state index contributed by atoms with van der Waals surface area (Å²) in [4.78, 5) is 0. The highest BCUT2D eigenvalue weighted by molar-refractivity contribution is 7.86. The van der Waals surface area contributed by atoms with E-state index in [9.17, 15) is 10.3 Å². The molecule has 0 heterocycles. The summed E-state index contributed by atoms with van der Waals surface area (Å²) in [5.41, 5.74) is 0. The second-order valence-electron chi connectivity index (χ2n) is 4.86. The van der Waals surface area contributed by atoms with E-state index in [1.165, 1.54) is 0 Å². The van der Waals surface area contributed by atoms with Crippen molar-refractivity contribution in [2.45, 2.75) is 0 Å². The molecule has 0 aliphatic rings. The van der Waals surface area contributed by atoms with Crippen molar-refractivity contribution >= 4 is 23.0 Å². The van der Waals surface area contributed by atoms with Crippen molar-refractivity contribution in [1.82, 2.24) is 0 Å². The van der Waals surface area contributed by atoms with Gasteiger partial charge in [0, 0.05) is 5.30 Å². The Bertz CT molecular complexity index is 724. The number of hydrogen-bond acceptors (Lipinski definition) is 2. The Balaban J connectivity index is 2.26. The molecular weight excluding hydrogens is 277 g/mol. The Hall–Kier alpha value is -2.31. The van der Waals surface area contributed by atoms with Crippen LogP contribution >= 0.6 is 7.05 Å². The standard InChI is InChI=1S/C18H16NOP/c19-21(16-7-3-1-4-8-16,17-9-5-2-6-10-17)18-13-11-15(20)12-14-18/h1-14,19-20H. The Morgan fingerprint density at radius 1 is 0.571 bits per heavy atom. The van der Waals surface area contributed by atoms with Gasteiger partial charge in [0.25, 0.3) is 0 Å². The predicted octanol–water partition coefficient (Wildman–Crippen LogP) is 3.45. The number of benzene rings is 3. The lowest BCUT2D eigenvalue weighted by Crippen LogP contribution is -2.24. The monoisotopic (exact) mass is 293 g/mol. The van der Waals surface area contributed by atoms with Gasteiger partial charge < -0.3 is 10.3 Å². The Labute approximate surface area is 124 Å². The van der Waals surface area contributed by atoms with Gasteiger partial charge in [-0.05, 0) is 34.9 Å². The first kappa shape index (κ1) is 13.7. The molecule has 0 saturated carbocycles. The van der Waals surface area contributed by atoms with Gasteiger partial charge >= 0.3 is 0 Å². The van der Waals surface area contributed by atoms with Crippen LogP contribution in [0.5, 0.6) is 5.75 Å². The van der Waals surface area contributed by atoms with Crippen molar-refractivity contribution in [2.75, 3.05) is 0 Å². The van der Waals surface area contributed by atoms with Crippen LogP contribution in [0.2, 0.25) is 0 Å². The molecule has 0 atom stereocenters. The Morgan fingerprint density at radius 3 is 1.38 bits per heavy atom. The molecule has 0 bridgehead atoms. The summed E-state index contributed by atoms with van der Waals surface area (Å²) >= 11 is 0. The van der Waals surface area contributed by atoms with Gasteiger partial charge in [0.15, 0.2) is 0 Å². The largest absolute Gasteiger partial charge is 0.508 e. The van der Waals surface area contributed by atoms with Gasteiger partial charge in [0.1, 0.15) is 5.75 Å². The summed E-state index contributed by atoms with van der Waals surface area (Å²) in [5, 5.41) is 21.7. The third-order valence-corrected chi connectivity index (χ3v) is 6.74. The van der Waals surface area contributed by atoms with E-state index in [0.717, 1.165) is 15.9 Å². The molecule has 0 aromatic heterocycles. The minimum atomic E-state index is -2.41. The molecule has 0 aliphatic heterocycles. The first-order valence-electron chi connectivity index (χ1n) is 6.76. The van der Waals surface area contributed by atoms with Gasteiger partial charge in [-0.3, -0.25) is 0 Å². The van der Waals surface area contributed by atoms with Gasteiger partial charge in [-0.1, -0.05) is 60.7 Å². The van der Waals surface area contributed by atoms with Crippen LogP contribution in [0.1, 0.15) is 0 Å². The fourth-order valence-electron chi connectivity index (χ4n) is 2.43. The van der Waals surface area contributed by atoms with E-state index >= 15 is 0 Å². The molecule has 3 aromatic rings. The SMILES string of the molecule is N=P(c1ccccc1)(c1ccccc1)c1ccc(O)cc1. The number of nitrogens with one attached hydrogen (secondary N) is 1. The van der Waals surface area contributed by atoms with Gasteiger partial charge in [-0.15, -0.1) is 0 Å².